The fourth-order valence-electron chi connectivity index (χ4n) is 3.64. The van der Waals surface area contributed by atoms with E-state index >= 15 is 0 Å². The molecule has 0 atom stereocenters. The number of likely N-dealkylation sites (tertiary alicyclic amines) is 1. The van der Waals surface area contributed by atoms with Crippen LogP contribution in [0.3, 0.4) is 0 Å². The summed E-state index contributed by atoms with van der Waals surface area (Å²) >= 11 is 1.28. The second-order valence-corrected chi connectivity index (χ2v) is 8.46. The van der Waals surface area contributed by atoms with Gasteiger partial charge in [0.05, 0.1) is 11.4 Å². The maximum Gasteiger partial charge on any atom is 0.283 e. The van der Waals surface area contributed by atoms with Crippen LogP contribution in [0.15, 0.2) is 59.2 Å². The molecule has 0 spiro atoms. The van der Waals surface area contributed by atoms with Crippen molar-refractivity contribution in [1.29, 1.82) is 0 Å². The second-order valence-electron chi connectivity index (χ2n) is 7.52. The maximum absolute atomic E-state index is 13.2. The van der Waals surface area contributed by atoms with Gasteiger partial charge >= 0.3 is 0 Å². The molecule has 2 aromatic rings. The summed E-state index contributed by atoms with van der Waals surface area (Å²) in [7, 11) is 0. The van der Waals surface area contributed by atoms with E-state index in [1.807, 2.05) is 29.2 Å². The smallest absolute Gasteiger partial charge is 0.283 e. The third-order valence-corrected chi connectivity index (χ3v) is 6.29. The molecule has 2 heterocycles. The zero-order chi connectivity index (χ0) is 21.8. The van der Waals surface area contributed by atoms with E-state index in [1.54, 1.807) is 23.1 Å². The highest BCUT2D eigenvalue weighted by atomic mass is 32.2. The van der Waals surface area contributed by atoms with Crippen molar-refractivity contribution >= 4 is 40.5 Å². The van der Waals surface area contributed by atoms with Crippen LogP contribution in [-0.2, 0) is 16.0 Å². The number of amidine groups is 1. The van der Waals surface area contributed by atoms with Gasteiger partial charge in [-0.25, -0.2) is 9.38 Å². The number of benzene rings is 2. The highest BCUT2D eigenvalue weighted by Crippen LogP contribution is 2.30. The van der Waals surface area contributed by atoms with Gasteiger partial charge in [-0.05, 0) is 60.7 Å². The van der Waals surface area contributed by atoms with E-state index in [0.717, 1.165) is 43.6 Å². The number of aryl methyl sites for hydroxylation is 1. The molecule has 31 heavy (non-hydrogen) atoms. The van der Waals surface area contributed by atoms with Crippen LogP contribution in [0.5, 0.6) is 0 Å². The molecule has 0 unspecified atom stereocenters. The van der Waals surface area contributed by atoms with Crippen LogP contribution in [0, 0.1) is 5.82 Å². The van der Waals surface area contributed by atoms with E-state index in [-0.39, 0.29) is 29.1 Å². The van der Waals surface area contributed by atoms with Crippen LogP contribution >= 0.6 is 11.8 Å². The number of anilines is 1. The number of amides is 2. The molecule has 0 bridgehead atoms. The van der Waals surface area contributed by atoms with Crippen LogP contribution in [0.25, 0.3) is 6.08 Å². The minimum Gasteiger partial charge on any atom is -0.342 e. The minimum absolute atomic E-state index is 0.0656. The molecule has 0 radical (unpaired) electrons. The van der Waals surface area contributed by atoms with E-state index in [1.165, 1.54) is 23.9 Å². The van der Waals surface area contributed by atoms with Crippen molar-refractivity contribution < 1.29 is 14.0 Å². The van der Waals surface area contributed by atoms with Gasteiger partial charge in [0.1, 0.15) is 11.5 Å². The molecule has 2 aliphatic heterocycles. The van der Waals surface area contributed by atoms with Crippen LogP contribution in [0.4, 0.5) is 10.1 Å². The summed E-state index contributed by atoms with van der Waals surface area (Å²) < 4.78 is 13.2. The average molecular weight is 438 g/mol. The van der Waals surface area contributed by atoms with Crippen molar-refractivity contribution in [3.63, 3.8) is 0 Å². The SMILES string of the molecule is CCc1cccc(N2C(=O)/C(=C/c3ccc(F)cc3)N=C2SCC(=O)N2CCCC2)c1. The van der Waals surface area contributed by atoms with Gasteiger partial charge in [0.25, 0.3) is 5.91 Å². The molecule has 0 aromatic heterocycles. The van der Waals surface area contributed by atoms with Gasteiger partial charge < -0.3 is 4.90 Å². The molecular weight excluding hydrogens is 413 g/mol. The van der Waals surface area contributed by atoms with Crippen molar-refractivity contribution in [2.24, 2.45) is 4.99 Å². The van der Waals surface area contributed by atoms with E-state index < -0.39 is 0 Å². The van der Waals surface area contributed by atoms with Crippen molar-refractivity contribution in [2.75, 3.05) is 23.7 Å². The number of thioether (sulfide) groups is 1. The number of nitrogens with zero attached hydrogens (tertiary/aromatic N) is 3. The van der Waals surface area contributed by atoms with Gasteiger partial charge in [0.2, 0.25) is 5.91 Å². The van der Waals surface area contributed by atoms with Crippen molar-refractivity contribution in [2.45, 2.75) is 26.2 Å². The predicted octanol–water partition coefficient (Wildman–Crippen LogP) is 4.49. The number of hydrogen-bond donors (Lipinski definition) is 0. The fraction of sp³-hybridized carbons (Fsp3) is 0.292. The summed E-state index contributed by atoms with van der Waals surface area (Å²) in [4.78, 5) is 33.8. The Morgan fingerprint density at radius 1 is 1.16 bits per heavy atom. The first-order valence-electron chi connectivity index (χ1n) is 10.4. The Hall–Kier alpha value is -2.93. The average Bonchev–Trinajstić information content (AvgIpc) is 3.42. The molecule has 160 valence electrons. The molecule has 0 aliphatic carbocycles. The molecule has 2 aliphatic rings. The summed E-state index contributed by atoms with van der Waals surface area (Å²) in [5.74, 6) is -0.289. The van der Waals surface area contributed by atoms with Gasteiger partial charge in [-0.3, -0.25) is 14.5 Å². The molecule has 4 rings (SSSR count). The standard InChI is InChI=1S/C24H24FN3O2S/c1-2-17-6-5-7-20(14-17)28-23(30)21(15-18-8-10-19(25)11-9-18)26-24(28)31-16-22(29)27-12-3-4-13-27/h5-11,14-15H,2-4,12-13,16H2,1H3/b21-15-. The first-order chi connectivity index (χ1) is 15.0. The Morgan fingerprint density at radius 3 is 2.61 bits per heavy atom. The maximum atomic E-state index is 13.2. The topological polar surface area (TPSA) is 53.0 Å². The Labute approximate surface area is 185 Å². The third-order valence-electron chi connectivity index (χ3n) is 5.36. The van der Waals surface area contributed by atoms with Crippen molar-refractivity contribution in [1.82, 2.24) is 4.90 Å². The number of carbonyl (C=O) groups is 2. The Bertz CT molecular complexity index is 1040. The fourth-order valence-corrected chi connectivity index (χ4v) is 4.55. The van der Waals surface area contributed by atoms with Crippen LogP contribution in [-0.4, -0.2) is 40.7 Å². The molecular formula is C24H24FN3O2S. The Morgan fingerprint density at radius 2 is 1.90 bits per heavy atom. The summed E-state index contributed by atoms with van der Waals surface area (Å²) in [5, 5.41) is 0.485. The molecule has 1 fully saturated rings. The molecule has 5 nitrogen and oxygen atoms in total. The third kappa shape index (κ3) is 4.88. The van der Waals surface area contributed by atoms with Gasteiger partial charge in [-0.2, -0.15) is 0 Å². The molecule has 7 heteroatoms. The van der Waals surface area contributed by atoms with Gasteiger partial charge in [0.15, 0.2) is 5.17 Å². The van der Waals surface area contributed by atoms with E-state index in [4.69, 9.17) is 0 Å². The monoisotopic (exact) mass is 437 g/mol. The summed E-state index contributed by atoms with van der Waals surface area (Å²) in [6, 6.07) is 13.7. The normalized spacial score (nSPS) is 17.5. The zero-order valence-electron chi connectivity index (χ0n) is 17.4. The van der Waals surface area contributed by atoms with Crippen LogP contribution in [0.2, 0.25) is 0 Å². The first-order valence-corrected chi connectivity index (χ1v) is 11.4. The number of hydrogen-bond acceptors (Lipinski definition) is 4. The van der Waals surface area contributed by atoms with E-state index in [0.29, 0.717) is 10.7 Å². The minimum atomic E-state index is -0.335. The lowest BCUT2D eigenvalue weighted by Crippen LogP contribution is -2.33. The van der Waals surface area contributed by atoms with E-state index in [9.17, 15) is 14.0 Å². The Balaban J connectivity index is 1.62. The molecule has 0 N–H and O–H groups in total. The molecule has 2 amide bonds. The van der Waals surface area contributed by atoms with Crippen molar-refractivity contribution in [3.05, 3.63) is 71.2 Å². The predicted molar refractivity (Wildman–Crippen MR) is 123 cm³/mol. The number of halogens is 1. The van der Waals surface area contributed by atoms with Crippen molar-refractivity contribution in [3.8, 4) is 0 Å². The number of rotatable bonds is 5. The lowest BCUT2D eigenvalue weighted by atomic mass is 10.1. The molecule has 0 saturated carbocycles. The van der Waals surface area contributed by atoms with Crippen LogP contribution in [0.1, 0.15) is 30.9 Å². The summed E-state index contributed by atoms with van der Waals surface area (Å²) in [5.41, 5.74) is 2.80. The number of aliphatic imine (C=N–C) groups is 1. The van der Waals surface area contributed by atoms with Crippen LogP contribution < -0.4 is 4.90 Å². The molecule has 2 aromatic carbocycles. The van der Waals surface area contributed by atoms with Gasteiger partial charge in [-0.1, -0.05) is 43.0 Å². The van der Waals surface area contributed by atoms with Gasteiger partial charge in [0, 0.05) is 13.1 Å². The lowest BCUT2D eigenvalue weighted by molar-refractivity contribution is -0.127. The summed E-state index contributed by atoms with van der Waals surface area (Å²) in [6.07, 6.45) is 4.57. The largest absolute Gasteiger partial charge is 0.342 e. The molecule has 1 saturated heterocycles. The second kappa shape index (κ2) is 9.47. The first kappa shape index (κ1) is 21.3. The quantitative estimate of drug-likeness (QED) is 0.648. The highest BCUT2D eigenvalue weighted by molar-refractivity contribution is 8.14. The zero-order valence-corrected chi connectivity index (χ0v) is 18.2. The Kier molecular flexibility index (Phi) is 6.51. The number of carbonyl (C=O) groups excluding carboxylic acids is 2. The van der Waals surface area contributed by atoms with E-state index in [2.05, 4.69) is 11.9 Å². The highest BCUT2D eigenvalue weighted by Gasteiger charge is 2.33. The van der Waals surface area contributed by atoms with Gasteiger partial charge in [-0.15, -0.1) is 0 Å². The lowest BCUT2D eigenvalue weighted by Gasteiger charge is -2.20. The summed E-state index contributed by atoms with van der Waals surface area (Å²) in [6.45, 7) is 3.65.